The number of hydrogen-bond donors (Lipinski definition) is 0. The number of hydrogen-bond acceptors (Lipinski definition) is 6. The Morgan fingerprint density at radius 2 is 1.94 bits per heavy atom. The summed E-state index contributed by atoms with van der Waals surface area (Å²) in [4.78, 5) is 11.1. The maximum atomic E-state index is 11.1. The molecule has 0 aromatic heterocycles. The Morgan fingerprint density at radius 3 is 2.41 bits per heavy atom. The molecule has 0 saturated carbocycles. The highest BCUT2D eigenvalue weighted by atomic mass is 16.6. The first-order chi connectivity index (χ1) is 8.13. The van der Waals surface area contributed by atoms with E-state index in [9.17, 15) is 4.79 Å². The summed E-state index contributed by atoms with van der Waals surface area (Å²) in [7, 11) is 4.70. The van der Waals surface area contributed by atoms with Crippen LogP contribution in [-0.4, -0.2) is 64.9 Å². The molecule has 0 aromatic carbocycles. The molecule has 17 heavy (non-hydrogen) atoms. The Morgan fingerprint density at radius 1 is 1.24 bits per heavy atom. The SMILES string of the molecule is COC[C@H]1OC[C@H](OC)[C@@H](OC)[C@H]1OC(C)=O. The molecule has 1 saturated heterocycles. The van der Waals surface area contributed by atoms with Gasteiger partial charge in [0.1, 0.15) is 18.3 Å². The second-order valence-electron chi connectivity index (χ2n) is 3.88. The van der Waals surface area contributed by atoms with Gasteiger partial charge in [-0.15, -0.1) is 0 Å². The number of esters is 1. The predicted octanol–water partition coefficient (Wildman–Crippen LogP) is -0.00670. The molecular formula is C11H20O6. The van der Waals surface area contributed by atoms with Crippen LogP contribution in [-0.2, 0) is 28.5 Å². The van der Waals surface area contributed by atoms with Crippen molar-refractivity contribution in [1.29, 1.82) is 0 Å². The standard InChI is InChI=1S/C11H20O6/c1-7(12)17-11-9(5-13-2)16-6-8(14-3)10(11)15-4/h8-11H,5-6H2,1-4H3/t8-,9+,10+,11-/m0/s1. The lowest BCUT2D eigenvalue weighted by Gasteiger charge is -2.40. The van der Waals surface area contributed by atoms with Gasteiger partial charge in [-0.25, -0.2) is 0 Å². The minimum atomic E-state index is -0.517. The zero-order valence-corrected chi connectivity index (χ0v) is 10.7. The Balaban J connectivity index is 2.77. The normalized spacial score (nSPS) is 33.4. The van der Waals surface area contributed by atoms with E-state index in [0.717, 1.165) is 0 Å². The molecule has 0 bridgehead atoms. The second kappa shape index (κ2) is 6.90. The Bertz CT molecular complexity index is 244. The molecule has 1 heterocycles. The van der Waals surface area contributed by atoms with Crippen LogP contribution in [0, 0.1) is 0 Å². The third-order valence-electron chi connectivity index (χ3n) is 2.74. The number of carbonyl (C=O) groups excluding carboxylic acids is 1. The molecule has 1 aliphatic rings. The molecule has 0 N–H and O–H groups in total. The molecule has 6 nitrogen and oxygen atoms in total. The maximum absolute atomic E-state index is 11.1. The summed E-state index contributed by atoms with van der Waals surface area (Å²) in [5.41, 5.74) is 0. The molecule has 0 aliphatic carbocycles. The van der Waals surface area contributed by atoms with Crippen LogP contribution >= 0.6 is 0 Å². The van der Waals surface area contributed by atoms with Crippen LogP contribution in [0.4, 0.5) is 0 Å². The van der Waals surface area contributed by atoms with Crippen LogP contribution in [0.1, 0.15) is 6.92 Å². The molecule has 4 atom stereocenters. The fourth-order valence-corrected chi connectivity index (χ4v) is 1.96. The quantitative estimate of drug-likeness (QED) is 0.638. The number of ether oxygens (including phenoxy) is 5. The van der Waals surface area contributed by atoms with E-state index in [1.807, 2.05) is 0 Å². The van der Waals surface area contributed by atoms with Gasteiger partial charge in [0.2, 0.25) is 0 Å². The monoisotopic (exact) mass is 248 g/mol. The zero-order chi connectivity index (χ0) is 12.8. The molecule has 1 aliphatic heterocycles. The summed E-state index contributed by atoms with van der Waals surface area (Å²) in [6.07, 6.45) is -1.45. The fourth-order valence-electron chi connectivity index (χ4n) is 1.96. The van der Waals surface area contributed by atoms with E-state index in [1.165, 1.54) is 6.92 Å². The average Bonchev–Trinajstić information content (AvgIpc) is 2.30. The first kappa shape index (κ1) is 14.4. The summed E-state index contributed by atoms with van der Waals surface area (Å²) < 4.78 is 26.4. The first-order valence-corrected chi connectivity index (χ1v) is 5.47. The highest BCUT2D eigenvalue weighted by molar-refractivity contribution is 5.66. The van der Waals surface area contributed by atoms with Crippen LogP contribution in [0.15, 0.2) is 0 Å². The van der Waals surface area contributed by atoms with E-state index in [2.05, 4.69) is 0 Å². The Hall–Kier alpha value is -0.690. The topological polar surface area (TPSA) is 63.2 Å². The highest BCUT2D eigenvalue weighted by Crippen LogP contribution is 2.23. The van der Waals surface area contributed by atoms with Crippen molar-refractivity contribution < 1.29 is 28.5 Å². The maximum Gasteiger partial charge on any atom is 0.303 e. The van der Waals surface area contributed by atoms with Crippen molar-refractivity contribution in [3.05, 3.63) is 0 Å². The minimum absolute atomic E-state index is 0.252. The average molecular weight is 248 g/mol. The van der Waals surface area contributed by atoms with Gasteiger partial charge in [-0.05, 0) is 0 Å². The molecular weight excluding hydrogens is 228 g/mol. The van der Waals surface area contributed by atoms with E-state index in [0.29, 0.717) is 13.2 Å². The van der Waals surface area contributed by atoms with Crippen molar-refractivity contribution in [3.8, 4) is 0 Å². The summed E-state index contributed by atoms with van der Waals surface area (Å²) in [6, 6.07) is 0. The van der Waals surface area contributed by atoms with Crippen LogP contribution in [0.3, 0.4) is 0 Å². The number of rotatable bonds is 5. The Labute approximate surface area is 101 Å². The largest absolute Gasteiger partial charge is 0.457 e. The third kappa shape index (κ3) is 3.64. The highest BCUT2D eigenvalue weighted by Gasteiger charge is 2.43. The van der Waals surface area contributed by atoms with Gasteiger partial charge >= 0.3 is 5.97 Å². The summed E-state index contributed by atoms with van der Waals surface area (Å²) >= 11 is 0. The van der Waals surface area contributed by atoms with Crippen LogP contribution in [0.5, 0.6) is 0 Å². The van der Waals surface area contributed by atoms with Gasteiger partial charge < -0.3 is 23.7 Å². The van der Waals surface area contributed by atoms with Crippen molar-refractivity contribution in [3.63, 3.8) is 0 Å². The van der Waals surface area contributed by atoms with Gasteiger partial charge in [-0.3, -0.25) is 4.79 Å². The van der Waals surface area contributed by atoms with E-state index in [4.69, 9.17) is 23.7 Å². The van der Waals surface area contributed by atoms with Gasteiger partial charge in [-0.2, -0.15) is 0 Å². The first-order valence-electron chi connectivity index (χ1n) is 5.47. The van der Waals surface area contributed by atoms with Gasteiger partial charge in [-0.1, -0.05) is 0 Å². The molecule has 1 rings (SSSR count). The number of methoxy groups -OCH3 is 3. The van der Waals surface area contributed by atoms with Gasteiger partial charge in [0.05, 0.1) is 13.2 Å². The van der Waals surface area contributed by atoms with Gasteiger partial charge in [0.25, 0.3) is 0 Å². The molecule has 6 heteroatoms. The lowest BCUT2D eigenvalue weighted by molar-refractivity contribution is -0.224. The van der Waals surface area contributed by atoms with E-state index >= 15 is 0 Å². The molecule has 0 amide bonds. The summed E-state index contributed by atoms with van der Waals surface area (Å²) in [5.74, 6) is -0.376. The van der Waals surface area contributed by atoms with E-state index in [1.54, 1.807) is 21.3 Å². The van der Waals surface area contributed by atoms with Crippen LogP contribution in [0.25, 0.3) is 0 Å². The van der Waals surface area contributed by atoms with Crippen molar-refractivity contribution in [1.82, 2.24) is 0 Å². The Kier molecular flexibility index (Phi) is 5.84. The predicted molar refractivity (Wildman–Crippen MR) is 58.8 cm³/mol. The molecule has 0 aromatic rings. The summed E-state index contributed by atoms with van der Waals surface area (Å²) in [6.45, 7) is 2.09. The van der Waals surface area contributed by atoms with E-state index < -0.39 is 6.10 Å². The number of carbonyl (C=O) groups is 1. The summed E-state index contributed by atoms with van der Waals surface area (Å²) in [5, 5.41) is 0. The molecule has 0 spiro atoms. The molecule has 100 valence electrons. The molecule has 1 fully saturated rings. The van der Waals surface area contributed by atoms with Gasteiger partial charge in [0.15, 0.2) is 6.10 Å². The zero-order valence-electron chi connectivity index (χ0n) is 10.7. The van der Waals surface area contributed by atoms with E-state index in [-0.39, 0.29) is 24.3 Å². The second-order valence-corrected chi connectivity index (χ2v) is 3.88. The van der Waals surface area contributed by atoms with Crippen LogP contribution < -0.4 is 0 Å². The van der Waals surface area contributed by atoms with Crippen LogP contribution in [0.2, 0.25) is 0 Å². The molecule has 0 radical (unpaired) electrons. The molecule has 0 unspecified atom stereocenters. The fraction of sp³-hybridized carbons (Fsp3) is 0.909. The lowest BCUT2D eigenvalue weighted by Crippen LogP contribution is -2.57. The van der Waals surface area contributed by atoms with Gasteiger partial charge in [0, 0.05) is 28.3 Å². The lowest BCUT2D eigenvalue weighted by atomic mass is 10.00. The minimum Gasteiger partial charge on any atom is -0.457 e. The van der Waals surface area contributed by atoms with Crippen molar-refractivity contribution in [2.24, 2.45) is 0 Å². The smallest absolute Gasteiger partial charge is 0.303 e. The van der Waals surface area contributed by atoms with Crippen molar-refractivity contribution >= 4 is 5.97 Å². The third-order valence-corrected chi connectivity index (χ3v) is 2.74. The van der Waals surface area contributed by atoms with Crippen molar-refractivity contribution in [2.45, 2.75) is 31.3 Å². The van der Waals surface area contributed by atoms with Crippen molar-refractivity contribution in [2.75, 3.05) is 34.5 Å².